The Hall–Kier alpha value is -1.47. The summed E-state index contributed by atoms with van der Waals surface area (Å²) in [6.07, 6.45) is 1.66. The Morgan fingerprint density at radius 3 is 3.27 bits per heavy atom. The number of hydrogen-bond donors (Lipinski definition) is 0. The first kappa shape index (κ1) is 6.25. The maximum Gasteiger partial charge on any atom is 0.180 e. The predicted molar refractivity (Wildman–Crippen MR) is 42.1 cm³/mol. The van der Waals surface area contributed by atoms with Crippen molar-refractivity contribution in [2.45, 2.75) is 0 Å². The van der Waals surface area contributed by atoms with Gasteiger partial charge in [-0.15, -0.1) is 0 Å². The minimum atomic E-state index is 0.422. The summed E-state index contributed by atoms with van der Waals surface area (Å²) < 4.78 is 4.89. The molecule has 2 heterocycles. The number of aromatic nitrogens is 2. The lowest BCUT2D eigenvalue weighted by Crippen LogP contribution is -1.75. The summed E-state index contributed by atoms with van der Waals surface area (Å²) in [5.74, 6) is 0. The van der Waals surface area contributed by atoms with E-state index >= 15 is 0 Å². The van der Waals surface area contributed by atoms with Gasteiger partial charge in [0, 0.05) is 6.20 Å². The zero-order valence-corrected chi connectivity index (χ0v) is 6.30. The Labute approximate surface area is 67.1 Å². The van der Waals surface area contributed by atoms with Crippen LogP contribution in [0.2, 0.25) is 0 Å². The van der Waals surface area contributed by atoms with Crippen molar-refractivity contribution in [2.24, 2.45) is 0 Å². The van der Waals surface area contributed by atoms with E-state index in [1.807, 2.05) is 18.2 Å². The molecule has 2 aromatic heterocycles. The Balaban J connectivity index is 2.89. The van der Waals surface area contributed by atoms with Gasteiger partial charge in [0.05, 0.1) is 4.70 Å². The zero-order valence-electron chi connectivity index (χ0n) is 5.48. The molecule has 52 valence electrons. The van der Waals surface area contributed by atoms with Gasteiger partial charge in [-0.1, -0.05) is 0 Å². The normalized spacial score (nSPS) is 9.73. The smallest absolute Gasteiger partial charge is 0.180 e. The molecule has 0 spiro atoms. The third kappa shape index (κ3) is 0.863. The van der Waals surface area contributed by atoms with Gasteiger partial charge in [-0.3, -0.25) is 4.98 Å². The summed E-state index contributed by atoms with van der Waals surface area (Å²) in [7, 11) is 0. The topological polar surface area (TPSA) is 49.6 Å². The molecule has 0 amide bonds. The van der Waals surface area contributed by atoms with Crippen molar-refractivity contribution >= 4 is 21.7 Å². The first-order chi connectivity index (χ1) is 5.42. The molecule has 0 N–H and O–H groups in total. The molecular weight excluding hydrogens is 158 g/mol. The van der Waals surface area contributed by atoms with Crippen molar-refractivity contribution in [3.63, 3.8) is 0 Å². The van der Waals surface area contributed by atoms with Crippen molar-refractivity contribution < 1.29 is 0 Å². The maximum atomic E-state index is 8.58. The number of pyridine rings is 1. The van der Waals surface area contributed by atoms with Crippen LogP contribution in [-0.2, 0) is 0 Å². The molecule has 0 saturated heterocycles. The molecule has 0 saturated carbocycles. The van der Waals surface area contributed by atoms with Crippen molar-refractivity contribution in [3.05, 3.63) is 24.0 Å². The third-order valence-electron chi connectivity index (χ3n) is 1.34. The number of nitrogens with zero attached hydrogens (tertiary/aromatic N) is 3. The quantitative estimate of drug-likeness (QED) is 0.589. The van der Waals surface area contributed by atoms with Crippen molar-refractivity contribution in [1.29, 1.82) is 5.26 Å². The third-order valence-corrected chi connectivity index (χ3v) is 2.14. The van der Waals surface area contributed by atoms with Crippen molar-refractivity contribution in [2.75, 3.05) is 0 Å². The lowest BCUT2D eigenvalue weighted by atomic mass is 10.3. The number of hydrogen-bond acceptors (Lipinski definition) is 4. The van der Waals surface area contributed by atoms with Gasteiger partial charge in [0.1, 0.15) is 11.6 Å². The minimum Gasteiger partial charge on any atom is -0.252 e. The molecule has 4 heteroatoms. The van der Waals surface area contributed by atoms with Crippen LogP contribution in [0.4, 0.5) is 0 Å². The van der Waals surface area contributed by atoms with Crippen molar-refractivity contribution in [1.82, 2.24) is 9.36 Å². The van der Waals surface area contributed by atoms with Crippen LogP contribution in [0, 0.1) is 11.3 Å². The molecule has 11 heavy (non-hydrogen) atoms. The summed E-state index contributed by atoms with van der Waals surface area (Å²) in [5, 5.41) is 8.58. The molecule has 0 aliphatic heterocycles. The second-order valence-electron chi connectivity index (χ2n) is 1.99. The average Bonchev–Trinajstić information content (AvgIpc) is 2.47. The Morgan fingerprint density at radius 1 is 1.55 bits per heavy atom. The predicted octanol–water partition coefficient (Wildman–Crippen LogP) is 1.56. The van der Waals surface area contributed by atoms with Crippen LogP contribution >= 0.6 is 11.5 Å². The Bertz CT molecular complexity index is 426. The van der Waals surface area contributed by atoms with Gasteiger partial charge in [-0.2, -0.15) is 9.64 Å². The maximum absolute atomic E-state index is 8.58. The molecule has 0 aromatic carbocycles. The number of rotatable bonds is 0. The zero-order chi connectivity index (χ0) is 7.68. The highest BCUT2D eigenvalue weighted by Crippen LogP contribution is 2.18. The molecule has 2 rings (SSSR count). The first-order valence-corrected chi connectivity index (χ1v) is 3.79. The fourth-order valence-electron chi connectivity index (χ4n) is 0.853. The van der Waals surface area contributed by atoms with Gasteiger partial charge in [0.25, 0.3) is 0 Å². The van der Waals surface area contributed by atoms with Gasteiger partial charge in [0.2, 0.25) is 0 Å². The molecule has 0 aliphatic rings. The van der Waals surface area contributed by atoms with Crippen molar-refractivity contribution in [3.8, 4) is 6.07 Å². The average molecular weight is 161 g/mol. The van der Waals surface area contributed by atoms with E-state index in [9.17, 15) is 0 Å². The van der Waals surface area contributed by atoms with E-state index in [1.165, 1.54) is 11.5 Å². The molecule has 2 aromatic rings. The first-order valence-electron chi connectivity index (χ1n) is 3.02. The molecule has 0 fully saturated rings. The second-order valence-corrected chi connectivity index (χ2v) is 2.80. The molecule has 0 aliphatic carbocycles. The lowest BCUT2D eigenvalue weighted by molar-refractivity contribution is 1.36. The number of nitriles is 1. The summed E-state index contributed by atoms with van der Waals surface area (Å²) >= 11 is 1.30. The Kier molecular flexibility index (Phi) is 1.30. The summed E-state index contributed by atoms with van der Waals surface area (Å²) in [6, 6.07) is 5.73. The largest absolute Gasteiger partial charge is 0.252 e. The van der Waals surface area contributed by atoms with Crippen LogP contribution < -0.4 is 0 Å². The molecular formula is C7H3N3S. The molecule has 0 atom stereocenters. The molecule has 0 radical (unpaired) electrons. The highest BCUT2D eigenvalue weighted by Gasteiger charge is 2.03. The van der Waals surface area contributed by atoms with Gasteiger partial charge in [-0.25, -0.2) is 0 Å². The van der Waals surface area contributed by atoms with Gasteiger partial charge < -0.3 is 0 Å². The van der Waals surface area contributed by atoms with E-state index in [1.54, 1.807) is 6.20 Å². The summed E-state index contributed by atoms with van der Waals surface area (Å²) in [6.45, 7) is 0. The molecule has 0 unspecified atom stereocenters. The van der Waals surface area contributed by atoms with E-state index < -0.39 is 0 Å². The standard InChI is InChI=1S/C7H3N3S/c8-4-5-7-6(11-10-5)2-1-3-9-7/h1-3H. The molecule has 3 nitrogen and oxygen atoms in total. The minimum absolute atomic E-state index is 0.422. The van der Waals surface area contributed by atoms with E-state index in [-0.39, 0.29) is 0 Å². The van der Waals surface area contributed by atoms with E-state index in [2.05, 4.69) is 9.36 Å². The van der Waals surface area contributed by atoms with Crippen LogP contribution in [0.25, 0.3) is 10.2 Å². The van der Waals surface area contributed by atoms with E-state index in [0.717, 1.165) is 4.70 Å². The van der Waals surface area contributed by atoms with Gasteiger partial charge in [-0.05, 0) is 23.7 Å². The van der Waals surface area contributed by atoms with Gasteiger partial charge in [0.15, 0.2) is 5.69 Å². The van der Waals surface area contributed by atoms with E-state index in [0.29, 0.717) is 11.2 Å². The lowest BCUT2D eigenvalue weighted by Gasteiger charge is -1.82. The van der Waals surface area contributed by atoms with Crippen LogP contribution in [0.3, 0.4) is 0 Å². The van der Waals surface area contributed by atoms with Gasteiger partial charge >= 0.3 is 0 Å². The highest BCUT2D eigenvalue weighted by molar-refractivity contribution is 7.13. The second kappa shape index (κ2) is 2.29. The fourth-order valence-corrected chi connectivity index (χ4v) is 1.55. The summed E-state index contributed by atoms with van der Waals surface area (Å²) in [5.41, 5.74) is 1.13. The number of fused-ring (bicyclic) bond motifs is 1. The SMILES string of the molecule is N#Cc1nsc2cccnc12. The summed E-state index contributed by atoms with van der Waals surface area (Å²) in [4.78, 5) is 4.04. The van der Waals surface area contributed by atoms with Crippen LogP contribution in [0.15, 0.2) is 18.3 Å². The van der Waals surface area contributed by atoms with Crippen LogP contribution in [0.5, 0.6) is 0 Å². The van der Waals surface area contributed by atoms with E-state index in [4.69, 9.17) is 5.26 Å². The molecule has 0 bridgehead atoms. The fraction of sp³-hybridized carbons (Fsp3) is 0. The van der Waals surface area contributed by atoms with Crippen LogP contribution in [0.1, 0.15) is 5.69 Å². The Morgan fingerprint density at radius 2 is 2.45 bits per heavy atom. The monoisotopic (exact) mass is 161 g/mol. The highest BCUT2D eigenvalue weighted by atomic mass is 32.1. The van der Waals surface area contributed by atoms with Crippen LogP contribution in [-0.4, -0.2) is 9.36 Å².